The Bertz CT molecular complexity index is 689. The van der Waals surface area contributed by atoms with E-state index in [1.165, 1.54) is 49.7 Å². The Kier molecular flexibility index (Phi) is 6.05. The molecular formula is C27H44O3. The normalized spacial score (nSPS) is 43.8. The lowest BCUT2D eigenvalue weighted by Crippen LogP contribution is -2.44. The van der Waals surface area contributed by atoms with Crippen LogP contribution in [0, 0.1) is 23.2 Å². The van der Waals surface area contributed by atoms with E-state index < -0.39 is 5.60 Å². The number of hydrogen-bond acceptors (Lipinski definition) is 3. The first-order valence-electron chi connectivity index (χ1n) is 12.5. The number of allylic oxidation sites excluding steroid dienone is 1. The largest absolute Gasteiger partial charge is 0.393 e. The van der Waals surface area contributed by atoms with Gasteiger partial charge in [-0.05, 0) is 106 Å². The summed E-state index contributed by atoms with van der Waals surface area (Å²) in [5.41, 5.74) is 2.33. The van der Waals surface area contributed by atoms with Crippen LogP contribution in [0.25, 0.3) is 0 Å². The number of aliphatic hydroxyl groups is 2. The molecule has 0 aromatic rings. The first kappa shape index (κ1) is 22.6. The first-order chi connectivity index (χ1) is 14.1. The van der Waals surface area contributed by atoms with Crippen LogP contribution in [0.4, 0.5) is 0 Å². The number of fused-ring (bicyclic) bond motifs is 2. The number of aliphatic hydroxyl groups excluding tert-OH is 1. The van der Waals surface area contributed by atoms with Crippen LogP contribution in [-0.4, -0.2) is 33.6 Å². The quantitative estimate of drug-likeness (QED) is 0.526. The fraction of sp³-hybridized carbons (Fsp3) is 0.852. The van der Waals surface area contributed by atoms with Crippen molar-refractivity contribution >= 4 is 0 Å². The zero-order valence-corrected chi connectivity index (χ0v) is 19.8. The predicted octanol–water partition coefficient (Wildman–Crippen LogP) is 5.95. The number of ether oxygens (including phenoxy) is 1. The summed E-state index contributed by atoms with van der Waals surface area (Å²) >= 11 is 0. The molecule has 30 heavy (non-hydrogen) atoms. The lowest BCUT2D eigenvalue weighted by molar-refractivity contribution is 0.00814. The zero-order valence-electron chi connectivity index (χ0n) is 19.8. The summed E-state index contributed by atoms with van der Waals surface area (Å²) in [7, 11) is 0. The lowest BCUT2D eigenvalue weighted by Gasteiger charge is -2.46. The maximum absolute atomic E-state index is 10.1. The van der Waals surface area contributed by atoms with Gasteiger partial charge >= 0.3 is 0 Å². The second-order valence-corrected chi connectivity index (χ2v) is 12.0. The Morgan fingerprint density at radius 3 is 2.77 bits per heavy atom. The van der Waals surface area contributed by atoms with Gasteiger partial charge in [-0.2, -0.15) is 0 Å². The average Bonchev–Trinajstić information content (AvgIpc) is 3.17. The number of hydrogen-bond donors (Lipinski definition) is 2. The predicted molar refractivity (Wildman–Crippen MR) is 122 cm³/mol. The maximum Gasteiger partial charge on any atom is 0.106 e. The van der Waals surface area contributed by atoms with Gasteiger partial charge in [0.1, 0.15) is 11.7 Å². The Morgan fingerprint density at radius 2 is 2.03 bits per heavy atom. The van der Waals surface area contributed by atoms with Crippen molar-refractivity contribution in [2.75, 3.05) is 0 Å². The molecule has 2 N–H and O–H groups in total. The minimum Gasteiger partial charge on any atom is -0.393 e. The highest BCUT2D eigenvalue weighted by Crippen LogP contribution is 2.67. The first-order valence-corrected chi connectivity index (χ1v) is 12.5. The molecule has 1 unspecified atom stereocenters. The third-order valence-corrected chi connectivity index (χ3v) is 9.23. The Balaban J connectivity index is 1.44. The van der Waals surface area contributed by atoms with Gasteiger partial charge in [-0.25, -0.2) is 0 Å². The van der Waals surface area contributed by atoms with Crippen molar-refractivity contribution in [1.82, 2.24) is 0 Å². The second-order valence-electron chi connectivity index (χ2n) is 12.0. The summed E-state index contributed by atoms with van der Waals surface area (Å²) in [6.07, 6.45) is 14.5. The molecule has 0 radical (unpaired) electrons. The van der Waals surface area contributed by atoms with Crippen LogP contribution in [0.1, 0.15) is 98.3 Å². The highest BCUT2D eigenvalue weighted by atomic mass is 16.6. The van der Waals surface area contributed by atoms with E-state index in [9.17, 15) is 10.2 Å². The second kappa shape index (κ2) is 8.05. The van der Waals surface area contributed by atoms with E-state index in [-0.39, 0.29) is 17.8 Å². The van der Waals surface area contributed by atoms with E-state index in [2.05, 4.69) is 26.5 Å². The molecule has 1 saturated heterocycles. The third-order valence-electron chi connectivity index (χ3n) is 9.23. The molecule has 0 aromatic carbocycles. The van der Waals surface area contributed by atoms with Crippen LogP contribution < -0.4 is 0 Å². The average molecular weight is 417 g/mol. The van der Waals surface area contributed by atoms with Gasteiger partial charge in [0.25, 0.3) is 0 Å². The lowest BCUT2D eigenvalue weighted by atomic mass is 9.58. The Morgan fingerprint density at radius 1 is 1.27 bits per heavy atom. The molecule has 3 saturated carbocycles. The van der Waals surface area contributed by atoms with E-state index in [0.717, 1.165) is 38.0 Å². The molecule has 3 nitrogen and oxygen atoms in total. The molecule has 7 atom stereocenters. The van der Waals surface area contributed by atoms with Crippen LogP contribution in [0.15, 0.2) is 23.8 Å². The fourth-order valence-electron chi connectivity index (χ4n) is 7.57. The van der Waals surface area contributed by atoms with Gasteiger partial charge in [-0.3, -0.25) is 0 Å². The number of epoxide rings is 1. The molecule has 1 heterocycles. The molecule has 4 fully saturated rings. The van der Waals surface area contributed by atoms with Crippen LogP contribution in [-0.2, 0) is 4.74 Å². The minimum atomic E-state index is -0.546. The fourth-order valence-corrected chi connectivity index (χ4v) is 7.57. The highest BCUT2D eigenvalue weighted by Gasteiger charge is 2.68. The maximum atomic E-state index is 10.1. The van der Waals surface area contributed by atoms with Crippen molar-refractivity contribution < 1.29 is 14.9 Å². The van der Waals surface area contributed by atoms with Crippen molar-refractivity contribution in [3.63, 3.8) is 0 Å². The summed E-state index contributed by atoms with van der Waals surface area (Å²) in [6, 6.07) is 0. The van der Waals surface area contributed by atoms with Gasteiger partial charge in [0.05, 0.1) is 11.7 Å². The molecule has 4 aliphatic rings. The van der Waals surface area contributed by atoms with E-state index >= 15 is 0 Å². The number of rotatable bonds is 6. The van der Waals surface area contributed by atoms with Gasteiger partial charge in [-0.15, -0.1) is 0 Å². The zero-order chi connectivity index (χ0) is 21.7. The molecule has 0 amide bonds. The molecule has 1 aliphatic heterocycles. The Labute approximate surface area is 184 Å². The molecule has 170 valence electrons. The van der Waals surface area contributed by atoms with E-state index in [1.54, 1.807) is 0 Å². The van der Waals surface area contributed by atoms with Gasteiger partial charge < -0.3 is 14.9 Å². The van der Waals surface area contributed by atoms with Gasteiger partial charge in [0.15, 0.2) is 0 Å². The van der Waals surface area contributed by atoms with Crippen molar-refractivity contribution in [3.8, 4) is 0 Å². The van der Waals surface area contributed by atoms with Crippen LogP contribution in [0.2, 0.25) is 0 Å². The molecule has 3 heteroatoms. The summed E-state index contributed by atoms with van der Waals surface area (Å²) < 4.78 is 6.53. The van der Waals surface area contributed by atoms with Gasteiger partial charge in [0.2, 0.25) is 0 Å². The SMILES string of the molecule is C=C1CC[C@H](O)C/C1=C/[C@H]1O[C@@]12CCC[C@@]1(C)C2CC[C@@H]1[C@H](C)CCCC(C)(C)O. The topological polar surface area (TPSA) is 53.0 Å². The summed E-state index contributed by atoms with van der Waals surface area (Å²) in [5.74, 6) is 2.14. The third kappa shape index (κ3) is 4.19. The van der Waals surface area contributed by atoms with Crippen molar-refractivity contribution in [2.45, 2.75) is 122 Å². The minimum absolute atomic E-state index is 0.0459. The monoisotopic (exact) mass is 416 g/mol. The van der Waals surface area contributed by atoms with Crippen molar-refractivity contribution in [3.05, 3.63) is 23.8 Å². The summed E-state index contributed by atoms with van der Waals surface area (Å²) in [4.78, 5) is 0. The molecule has 0 bridgehead atoms. The van der Waals surface area contributed by atoms with Gasteiger partial charge in [-0.1, -0.05) is 38.8 Å². The van der Waals surface area contributed by atoms with Crippen LogP contribution in [0.3, 0.4) is 0 Å². The van der Waals surface area contributed by atoms with Crippen molar-refractivity contribution in [2.24, 2.45) is 23.2 Å². The smallest absolute Gasteiger partial charge is 0.106 e. The van der Waals surface area contributed by atoms with E-state index in [1.807, 2.05) is 13.8 Å². The molecule has 1 spiro atoms. The molecule has 3 aliphatic carbocycles. The summed E-state index contributed by atoms with van der Waals surface area (Å²) in [5, 5.41) is 20.2. The highest BCUT2D eigenvalue weighted by molar-refractivity contribution is 5.36. The van der Waals surface area contributed by atoms with E-state index in [0.29, 0.717) is 17.3 Å². The molecular weight excluding hydrogens is 372 g/mol. The Hall–Kier alpha value is -0.640. The van der Waals surface area contributed by atoms with Gasteiger partial charge in [0, 0.05) is 0 Å². The molecule has 4 rings (SSSR count). The van der Waals surface area contributed by atoms with Crippen LogP contribution in [0.5, 0.6) is 0 Å². The molecule has 0 aromatic heterocycles. The standard InChI is InChI=1S/C27H44O3/c1-18-9-10-21(28)16-20(18)17-24-27(30-24)15-7-14-26(5)22(11-12-23(26)27)19(2)8-6-13-25(3,4)29/h17,19,21-24,28-29H,1,6-16H2,2-5H3/b20-17-/t19-,21+,22-,23?,24-,26-,27-/m1/s1. The summed E-state index contributed by atoms with van der Waals surface area (Å²) in [6.45, 7) is 13.1. The van der Waals surface area contributed by atoms with Crippen molar-refractivity contribution in [1.29, 1.82) is 0 Å². The van der Waals surface area contributed by atoms with Crippen LogP contribution >= 0.6 is 0 Å². The van der Waals surface area contributed by atoms with E-state index in [4.69, 9.17) is 4.74 Å².